The van der Waals surface area contributed by atoms with Crippen molar-refractivity contribution in [1.82, 2.24) is 4.90 Å². The van der Waals surface area contributed by atoms with Crippen LogP contribution in [-0.4, -0.2) is 38.3 Å². The van der Waals surface area contributed by atoms with Crippen LogP contribution in [-0.2, 0) is 10.2 Å². The highest BCUT2D eigenvalue weighted by Crippen LogP contribution is 2.25. The number of hydrogen-bond donors (Lipinski definition) is 1. The first kappa shape index (κ1) is 15.7. The fraction of sp³-hybridized carbons (Fsp3) is 0.500. The summed E-state index contributed by atoms with van der Waals surface area (Å²) in [6, 6.07) is 8.14. The van der Waals surface area contributed by atoms with Gasteiger partial charge in [-0.3, -0.25) is 4.90 Å². The molecule has 3 heteroatoms. The zero-order valence-corrected chi connectivity index (χ0v) is 12.4. The van der Waals surface area contributed by atoms with Crippen molar-refractivity contribution in [2.75, 3.05) is 39.1 Å². The van der Waals surface area contributed by atoms with Gasteiger partial charge in [-0.2, -0.15) is 0 Å². The number of nitrogens with zero attached hydrogens (tertiary/aromatic N) is 1. The van der Waals surface area contributed by atoms with Crippen LogP contribution in [0, 0.1) is 0 Å². The number of ether oxygens (including phenoxy) is 1. The Kier molecular flexibility index (Phi) is 6.06. The van der Waals surface area contributed by atoms with E-state index in [1.54, 1.807) is 7.11 Å². The molecule has 0 spiro atoms. The second-order valence-electron chi connectivity index (χ2n) is 5.52. The van der Waals surface area contributed by atoms with E-state index in [9.17, 15) is 0 Å². The summed E-state index contributed by atoms with van der Waals surface area (Å²) in [4.78, 5) is 2.35. The first-order chi connectivity index (χ1) is 8.99. The second-order valence-corrected chi connectivity index (χ2v) is 5.52. The lowest BCUT2D eigenvalue weighted by molar-refractivity contribution is 0.142. The molecule has 19 heavy (non-hydrogen) atoms. The largest absolute Gasteiger partial charge is 0.399 e. The minimum absolute atomic E-state index is 0.0739. The number of methoxy groups -OCH3 is 1. The number of nitrogens with two attached hydrogens (primary N) is 1. The van der Waals surface area contributed by atoms with E-state index in [-0.39, 0.29) is 5.41 Å². The van der Waals surface area contributed by atoms with Crippen LogP contribution >= 0.6 is 0 Å². The molecule has 0 fully saturated rings. The van der Waals surface area contributed by atoms with Gasteiger partial charge in [0.1, 0.15) is 0 Å². The third-order valence-electron chi connectivity index (χ3n) is 3.31. The summed E-state index contributed by atoms with van der Waals surface area (Å²) >= 11 is 0. The summed E-state index contributed by atoms with van der Waals surface area (Å²) in [6.07, 6.45) is 1.94. The summed E-state index contributed by atoms with van der Waals surface area (Å²) in [5.74, 6) is 0. The van der Waals surface area contributed by atoms with E-state index in [0.717, 1.165) is 31.9 Å². The van der Waals surface area contributed by atoms with Gasteiger partial charge in [0.25, 0.3) is 0 Å². The van der Waals surface area contributed by atoms with Gasteiger partial charge in [0, 0.05) is 37.8 Å². The Labute approximate surface area is 117 Å². The van der Waals surface area contributed by atoms with E-state index in [0.29, 0.717) is 0 Å². The summed E-state index contributed by atoms with van der Waals surface area (Å²) in [5, 5.41) is 0. The molecule has 0 saturated carbocycles. The molecule has 1 aromatic rings. The lowest BCUT2D eigenvalue weighted by atomic mass is 9.84. The van der Waals surface area contributed by atoms with E-state index < -0.39 is 0 Å². The number of benzene rings is 1. The molecule has 1 aromatic carbocycles. The van der Waals surface area contributed by atoms with Crippen molar-refractivity contribution in [3.8, 4) is 0 Å². The zero-order valence-electron chi connectivity index (χ0n) is 12.4. The minimum atomic E-state index is 0.0739. The summed E-state index contributed by atoms with van der Waals surface area (Å²) in [6.45, 7) is 11.8. The van der Waals surface area contributed by atoms with Crippen molar-refractivity contribution in [2.24, 2.45) is 0 Å². The highest BCUT2D eigenvalue weighted by atomic mass is 16.5. The van der Waals surface area contributed by atoms with Crippen LogP contribution < -0.4 is 5.73 Å². The van der Waals surface area contributed by atoms with Crippen LogP contribution in [0.1, 0.15) is 19.4 Å². The van der Waals surface area contributed by atoms with Gasteiger partial charge in [-0.1, -0.05) is 32.1 Å². The molecule has 0 unspecified atom stereocenters. The molecular formula is C16H26N2O. The summed E-state index contributed by atoms with van der Waals surface area (Å²) in [5.41, 5.74) is 7.92. The highest BCUT2D eigenvalue weighted by Gasteiger charge is 2.23. The molecule has 1 rings (SSSR count). The van der Waals surface area contributed by atoms with Crippen LogP contribution in [0.15, 0.2) is 36.9 Å². The van der Waals surface area contributed by atoms with Crippen molar-refractivity contribution >= 4 is 5.69 Å². The summed E-state index contributed by atoms with van der Waals surface area (Å²) in [7, 11) is 1.73. The maximum absolute atomic E-state index is 5.74. The molecule has 0 aromatic heterocycles. The molecule has 0 atom stereocenters. The van der Waals surface area contributed by atoms with Gasteiger partial charge in [-0.25, -0.2) is 0 Å². The molecule has 0 aliphatic carbocycles. The van der Waals surface area contributed by atoms with Crippen LogP contribution in [0.4, 0.5) is 5.69 Å². The van der Waals surface area contributed by atoms with Crippen molar-refractivity contribution < 1.29 is 4.74 Å². The van der Waals surface area contributed by atoms with Crippen molar-refractivity contribution in [1.29, 1.82) is 0 Å². The monoisotopic (exact) mass is 262 g/mol. The van der Waals surface area contributed by atoms with Gasteiger partial charge in [0.15, 0.2) is 0 Å². The van der Waals surface area contributed by atoms with E-state index in [4.69, 9.17) is 10.5 Å². The van der Waals surface area contributed by atoms with E-state index >= 15 is 0 Å². The van der Waals surface area contributed by atoms with Crippen LogP contribution in [0.5, 0.6) is 0 Å². The molecule has 0 bridgehead atoms. The van der Waals surface area contributed by atoms with Gasteiger partial charge in [0.2, 0.25) is 0 Å². The predicted molar refractivity (Wildman–Crippen MR) is 82.4 cm³/mol. The molecule has 0 amide bonds. The van der Waals surface area contributed by atoms with Crippen LogP contribution in [0.2, 0.25) is 0 Å². The lowest BCUT2D eigenvalue weighted by Crippen LogP contribution is -2.38. The van der Waals surface area contributed by atoms with Crippen LogP contribution in [0.25, 0.3) is 0 Å². The Bertz CT molecular complexity index is 384. The third kappa shape index (κ3) is 5.05. The number of nitrogen functional groups attached to an aromatic ring is 1. The number of anilines is 1. The molecule has 0 aliphatic rings. The Morgan fingerprint density at radius 3 is 2.47 bits per heavy atom. The van der Waals surface area contributed by atoms with Gasteiger partial charge < -0.3 is 10.5 Å². The van der Waals surface area contributed by atoms with E-state index in [1.807, 2.05) is 18.2 Å². The van der Waals surface area contributed by atoms with Crippen molar-refractivity contribution in [2.45, 2.75) is 19.3 Å². The van der Waals surface area contributed by atoms with Gasteiger partial charge >= 0.3 is 0 Å². The van der Waals surface area contributed by atoms with Gasteiger partial charge in [-0.05, 0) is 17.7 Å². The lowest BCUT2D eigenvalue weighted by Gasteiger charge is -2.32. The average molecular weight is 262 g/mol. The minimum Gasteiger partial charge on any atom is -0.399 e. The van der Waals surface area contributed by atoms with Gasteiger partial charge in [0.05, 0.1) is 6.61 Å². The second kappa shape index (κ2) is 7.31. The number of rotatable bonds is 8. The molecule has 0 radical (unpaired) electrons. The molecule has 0 aliphatic heterocycles. The zero-order chi connectivity index (χ0) is 14.3. The first-order valence-corrected chi connectivity index (χ1v) is 6.68. The molecule has 3 nitrogen and oxygen atoms in total. The quantitative estimate of drug-likeness (QED) is 0.578. The van der Waals surface area contributed by atoms with Crippen molar-refractivity contribution in [3.05, 3.63) is 42.5 Å². The molecule has 2 N–H and O–H groups in total. The van der Waals surface area contributed by atoms with E-state index in [1.165, 1.54) is 5.56 Å². The molecular weight excluding hydrogens is 236 g/mol. The Morgan fingerprint density at radius 1 is 1.32 bits per heavy atom. The third-order valence-corrected chi connectivity index (χ3v) is 3.31. The van der Waals surface area contributed by atoms with Crippen molar-refractivity contribution in [3.63, 3.8) is 0 Å². The first-order valence-electron chi connectivity index (χ1n) is 6.68. The highest BCUT2D eigenvalue weighted by molar-refractivity contribution is 5.41. The summed E-state index contributed by atoms with van der Waals surface area (Å²) < 4.78 is 5.16. The molecule has 106 valence electrons. The molecule has 0 saturated heterocycles. The predicted octanol–water partition coefficient (Wildman–Crippen LogP) is 2.68. The maximum Gasteiger partial charge on any atom is 0.0589 e. The molecule has 0 heterocycles. The average Bonchev–Trinajstić information content (AvgIpc) is 2.36. The SMILES string of the molecule is C=CCN(CCOC)CC(C)(C)c1ccc(N)cc1. The number of hydrogen-bond acceptors (Lipinski definition) is 3. The normalized spacial score (nSPS) is 11.8. The van der Waals surface area contributed by atoms with Crippen LogP contribution in [0.3, 0.4) is 0 Å². The Balaban J connectivity index is 2.74. The Morgan fingerprint density at radius 2 is 1.95 bits per heavy atom. The smallest absolute Gasteiger partial charge is 0.0589 e. The topological polar surface area (TPSA) is 38.5 Å². The maximum atomic E-state index is 5.74. The van der Waals surface area contributed by atoms with Gasteiger partial charge in [-0.15, -0.1) is 6.58 Å². The fourth-order valence-corrected chi connectivity index (χ4v) is 2.22. The standard InChI is InChI=1S/C16H26N2O/c1-5-10-18(11-12-19-4)13-16(2,3)14-6-8-15(17)9-7-14/h5-9H,1,10-13,17H2,2-4H3. The fourth-order valence-electron chi connectivity index (χ4n) is 2.22. The van der Waals surface area contributed by atoms with E-state index in [2.05, 4.69) is 37.5 Å². The Hall–Kier alpha value is -1.32.